The van der Waals surface area contributed by atoms with Crippen molar-refractivity contribution in [3.63, 3.8) is 0 Å². The highest BCUT2D eigenvalue weighted by atomic mass is 16.7. The first-order valence-corrected chi connectivity index (χ1v) is 19.5. The number of piperidine rings is 1. The predicted octanol–water partition coefficient (Wildman–Crippen LogP) is 3.87. The number of fused-ring (bicyclic) bond motifs is 3. The molecule has 0 spiro atoms. The molecule has 5 fully saturated rings. The molecule has 49 heavy (non-hydrogen) atoms. The van der Waals surface area contributed by atoms with Crippen molar-refractivity contribution >= 4 is 17.5 Å². The van der Waals surface area contributed by atoms with Crippen LogP contribution in [0.1, 0.15) is 110 Å². The Morgan fingerprint density at radius 1 is 1.12 bits per heavy atom. The first-order valence-electron chi connectivity index (χ1n) is 19.5. The summed E-state index contributed by atoms with van der Waals surface area (Å²) in [5, 5.41) is 27.4. The molecular formula is C39H61N3O7. The number of ketones is 2. The number of nitrogens with one attached hydrogen (secondary N) is 2. The number of nitrogens with two attached hydrogens (primary N) is 1. The van der Waals surface area contributed by atoms with Gasteiger partial charge in [-0.15, -0.1) is 0 Å². The highest BCUT2D eigenvalue weighted by molar-refractivity contribution is 6.23. The van der Waals surface area contributed by atoms with Gasteiger partial charge in [-0.1, -0.05) is 37.5 Å². The lowest BCUT2D eigenvalue weighted by molar-refractivity contribution is -0.167. The summed E-state index contributed by atoms with van der Waals surface area (Å²) < 4.78 is 12.8. The maximum Gasteiger partial charge on any atom is 0.350 e. The molecular weight excluding hydrogens is 622 g/mol. The lowest BCUT2D eigenvalue weighted by atomic mass is 9.60. The van der Waals surface area contributed by atoms with Gasteiger partial charge in [0.15, 0.2) is 17.2 Å². The van der Waals surface area contributed by atoms with Crippen molar-refractivity contribution in [2.24, 2.45) is 41.2 Å². The van der Waals surface area contributed by atoms with Gasteiger partial charge in [0.05, 0.1) is 12.8 Å². The molecule has 11 unspecified atom stereocenters. The zero-order chi connectivity index (χ0) is 34.8. The average Bonchev–Trinajstić information content (AvgIpc) is 3.82. The van der Waals surface area contributed by atoms with Crippen molar-refractivity contribution in [1.82, 2.24) is 10.6 Å². The molecule has 4 aliphatic carbocycles. The molecule has 2 saturated heterocycles. The van der Waals surface area contributed by atoms with E-state index in [0.29, 0.717) is 49.0 Å². The normalized spacial score (nSPS) is 39.7. The van der Waals surface area contributed by atoms with Crippen LogP contribution in [0.15, 0.2) is 23.3 Å². The quantitative estimate of drug-likeness (QED) is 0.0786. The van der Waals surface area contributed by atoms with Crippen molar-refractivity contribution in [2.45, 2.75) is 140 Å². The number of Topliss-reactive ketones (excluding diaryl/α,β-unsaturated/α-hetero) is 2. The van der Waals surface area contributed by atoms with Crippen LogP contribution >= 0.6 is 0 Å². The SMILES string of the molecule is CCNC1CC2C=CCCC2CC1C(CCCO)OC(=O)C12OC1(CC(CO)=C(C)CCC1CCNC(N)C1)C(=O)C1CCCCC1C2=O. The standard InChI is InChI=1S/C39H61N3O7/c1-3-41-32-21-27-10-5-4-9-26(27)20-31(32)33(13-8-18-43)48-37(47)39-36(46)30-12-7-6-11-29(30)35(45)38(39,49-39)22-28(23-44)24(2)14-15-25-16-17-42-34(40)19-25/h5,10,25-27,29-34,41-44H,3-4,6-9,11-23,40H2,1-2H3. The zero-order valence-electron chi connectivity index (χ0n) is 29.8. The van der Waals surface area contributed by atoms with Crippen molar-refractivity contribution in [3.8, 4) is 0 Å². The second-order valence-electron chi connectivity index (χ2n) is 16.1. The second-order valence-corrected chi connectivity index (χ2v) is 16.1. The van der Waals surface area contributed by atoms with Gasteiger partial charge >= 0.3 is 5.97 Å². The first kappa shape index (κ1) is 36.8. The first-order chi connectivity index (χ1) is 23.7. The van der Waals surface area contributed by atoms with Gasteiger partial charge in [-0.25, -0.2) is 4.79 Å². The molecule has 10 nitrogen and oxygen atoms in total. The molecule has 0 aromatic rings. The Bertz CT molecular complexity index is 1280. The van der Waals surface area contributed by atoms with Crippen LogP contribution in [-0.2, 0) is 23.9 Å². The molecule has 6 N–H and O–H groups in total. The van der Waals surface area contributed by atoms with Gasteiger partial charge < -0.3 is 36.1 Å². The molecule has 274 valence electrons. The van der Waals surface area contributed by atoms with Gasteiger partial charge in [-0.3, -0.25) is 9.59 Å². The van der Waals surface area contributed by atoms with E-state index in [2.05, 4.69) is 29.7 Å². The third kappa shape index (κ3) is 7.12. The number of hydrogen-bond acceptors (Lipinski definition) is 10. The van der Waals surface area contributed by atoms with Crippen molar-refractivity contribution in [1.29, 1.82) is 0 Å². The Labute approximate surface area is 292 Å². The number of allylic oxidation sites excluding steroid dienone is 3. The van der Waals surface area contributed by atoms with Gasteiger partial charge in [0.25, 0.3) is 5.60 Å². The summed E-state index contributed by atoms with van der Waals surface area (Å²) in [5.41, 5.74) is 4.14. The van der Waals surface area contributed by atoms with E-state index in [1.807, 2.05) is 6.92 Å². The monoisotopic (exact) mass is 683 g/mol. The molecule has 0 bridgehead atoms. The van der Waals surface area contributed by atoms with Gasteiger partial charge in [0, 0.05) is 36.8 Å². The topological polar surface area (TPSA) is 164 Å². The molecule has 0 aromatic carbocycles. The molecule has 2 heterocycles. The average molecular weight is 684 g/mol. The third-order valence-corrected chi connectivity index (χ3v) is 13.2. The smallest absolute Gasteiger partial charge is 0.350 e. The Balaban J connectivity index is 1.27. The minimum Gasteiger partial charge on any atom is -0.459 e. The number of carbonyl (C=O) groups is 3. The van der Waals surface area contributed by atoms with Crippen molar-refractivity contribution < 1.29 is 34.1 Å². The summed E-state index contributed by atoms with van der Waals surface area (Å²) in [5.74, 6) is -0.797. The van der Waals surface area contributed by atoms with Crippen LogP contribution in [0.3, 0.4) is 0 Å². The van der Waals surface area contributed by atoms with E-state index in [0.717, 1.165) is 82.9 Å². The molecule has 3 saturated carbocycles. The van der Waals surface area contributed by atoms with E-state index in [1.165, 1.54) is 0 Å². The molecule has 6 aliphatic rings. The molecule has 6 rings (SSSR count). The van der Waals surface area contributed by atoms with Gasteiger partial charge in [0.1, 0.15) is 6.10 Å². The third-order valence-electron chi connectivity index (χ3n) is 13.2. The number of hydrogen-bond donors (Lipinski definition) is 5. The van der Waals surface area contributed by atoms with E-state index in [1.54, 1.807) is 0 Å². The molecule has 10 heteroatoms. The number of carbonyl (C=O) groups excluding carboxylic acids is 3. The fourth-order valence-corrected chi connectivity index (χ4v) is 10.4. The van der Waals surface area contributed by atoms with E-state index >= 15 is 0 Å². The van der Waals surface area contributed by atoms with Crippen molar-refractivity contribution in [2.75, 3.05) is 26.3 Å². The fourth-order valence-electron chi connectivity index (χ4n) is 10.4. The highest BCUT2D eigenvalue weighted by Gasteiger charge is 2.87. The summed E-state index contributed by atoms with van der Waals surface area (Å²) in [4.78, 5) is 43.7. The number of ether oxygens (including phenoxy) is 2. The largest absolute Gasteiger partial charge is 0.459 e. The van der Waals surface area contributed by atoms with Crippen LogP contribution < -0.4 is 16.4 Å². The molecule has 2 aliphatic heterocycles. The van der Waals surface area contributed by atoms with Crippen LogP contribution in [0, 0.1) is 35.5 Å². The summed E-state index contributed by atoms with van der Waals surface area (Å²) in [6.07, 6.45) is 15.5. The van der Waals surface area contributed by atoms with Gasteiger partial charge in [0.2, 0.25) is 0 Å². The number of rotatable bonds is 14. The van der Waals surface area contributed by atoms with Crippen molar-refractivity contribution in [3.05, 3.63) is 23.3 Å². The Kier molecular flexibility index (Phi) is 11.8. The number of epoxide rings is 1. The fraction of sp³-hybridized carbons (Fsp3) is 0.821. The molecule has 11 atom stereocenters. The van der Waals surface area contributed by atoms with E-state index in [-0.39, 0.29) is 49.3 Å². The summed E-state index contributed by atoms with van der Waals surface area (Å²) in [7, 11) is 0. The van der Waals surface area contributed by atoms with E-state index in [9.17, 15) is 24.6 Å². The minimum atomic E-state index is -1.99. The molecule has 0 radical (unpaired) electrons. The Morgan fingerprint density at radius 3 is 2.61 bits per heavy atom. The maximum atomic E-state index is 14.7. The Morgan fingerprint density at radius 2 is 1.90 bits per heavy atom. The number of aliphatic hydroxyl groups excluding tert-OH is 2. The second kappa shape index (κ2) is 15.7. The molecule has 0 amide bonds. The van der Waals surface area contributed by atoms with E-state index < -0.39 is 35.1 Å². The minimum absolute atomic E-state index is 0.0104. The van der Waals surface area contributed by atoms with Crippen LogP contribution in [0.4, 0.5) is 0 Å². The predicted molar refractivity (Wildman–Crippen MR) is 186 cm³/mol. The lowest BCUT2D eigenvalue weighted by Crippen LogP contribution is -2.59. The zero-order valence-corrected chi connectivity index (χ0v) is 29.8. The summed E-state index contributed by atoms with van der Waals surface area (Å²) >= 11 is 0. The van der Waals surface area contributed by atoms with E-state index in [4.69, 9.17) is 15.2 Å². The van der Waals surface area contributed by atoms with Crippen LogP contribution in [0.25, 0.3) is 0 Å². The number of aliphatic hydroxyl groups is 2. The maximum absolute atomic E-state index is 14.7. The van der Waals surface area contributed by atoms with Crippen LogP contribution in [0.5, 0.6) is 0 Å². The Hall–Kier alpha value is -1.95. The summed E-state index contributed by atoms with van der Waals surface area (Å²) in [6.45, 7) is 5.44. The van der Waals surface area contributed by atoms with Gasteiger partial charge in [-0.05, 0) is 120 Å². The lowest BCUT2D eigenvalue weighted by Gasteiger charge is -2.45. The van der Waals surface area contributed by atoms with Crippen LogP contribution in [-0.4, -0.2) is 83.6 Å². The highest BCUT2D eigenvalue weighted by Crippen LogP contribution is 2.62. The summed E-state index contributed by atoms with van der Waals surface area (Å²) in [6, 6.07) is 0.125. The van der Waals surface area contributed by atoms with Gasteiger partial charge in [-0.2, -0.15) is 0 Å². The molecule has 0 aromatic heterocycles. The van der Waals surface area contributed by atoms with Crippen LogP contribution in [0.2, 0.25) is 0 Å². The number of esters is 1.